The number of nitrogens with zero attached hydrogens (tertiary/aromatic N) is 1. The first-order chi connectivity index (χ1) is 13.4. The second-order valence-corrected chi connectivity index (χ2v) is 8.65. The summed E-state index contributed by atoms with van der Waals surface area (Å²) in [4.78, 5) is 11.9. The van der Waals surface area contributed by atoms with Crippen LogP contribution in [0.25, 0.3) is 0 Å². The molecular formula is C24H48NO3+. The quantitative estimate of drug-likeness (QED) is 0.0956. The zero-order valence-electron chi connectivity index (χ0n) is 19.3. The van der Waals surface area contributed by atoms with E-state index in [1.54, 1.807) is 0 Å². The Morgan fingerprint density at radius 3 is 1.93 bits per heavy atom. The SMILES string of the molecule is CCCCCCCC/C=C\CCCCCCCC(=O)OC(C)[N+](C)(C)CCO. The Labute approximate surface area is 174 Å². The van der Waals surface area contributed by atoms with Crippen molar-refractivity contribution in [2.24, 2.45) is 0 Å². The molecule has 0 spiro atoms. The molecule has 4 nitrogen and oxygen atoms in total. The predicted octanol–water partition coefficient (Wildman–Crippen LogP) is 5.98. The average Bonchev–Trinajstić information content (AvgIpc) is 2.64. The number of ether oxygens (including phenoxy) is 1. The summed E-state index contributed by atoms with van der Waals surface area (Å²) in [6.45, 7) is 4.85. The van der Waals surface area contributed by atoms with Crippen molar-refractivity contribution in [3.63, 3.8) is 0 Å². The Bertz CT molecular complexity index is 393. The third-order valence-corrected chi connectivity index (χ3v) is 5.61. The van der Waals surface area contributed by atoms with E-state index in [1.165, 1.54) is 70.6 Å². The summed E-state index contributed by atoms with van der Waals surface area (Å²) in [5.41, 5.74) is 0. The Morgan fingerprint density at radius 2 is 1.39 bits per heavy atom. The number of allylic oxidation sites excluding steroid dienone is 2. The predicted molar refractivity (Wildman–Crippen MR) is 119 cm³/mol. The van der Waals surface area contributed by atoms with Crippen LogP contribution in [0.2, 0.25) is 0 Å². The molecule has 0 aromatic rings. The van der Waals surface area contributed by atoms with Gasteiger partial charge in [-0.3, -0.25) is 9.28 Å². The number of carbonyl (C=O) groups excluding carboxylic acids is 1. The van der Waals surface area contributed by atoms with Gasteiger partial charge in [0.1, 0.15) is 6.54 Å². The number of rotatable bonds is 19. The molecule has 0 saturated carbocycles. The van der Waals surface area contributed by atoms with Crippen LogP contribution in [0.4, 0.5) is 0 Å². The van der Waals surface area contributed by atoms with Gasteiger partial charge in [-0.2, -0.15) is 0 Å². The van der Waals surface area contributed by atoms with E-state index in [4.69, 9.17) is 9.84 Å². The number of hydrogen-bond acceptors (Lipinski definition) is 3. The first-order valence-corrected chi connectivity index (χ1v) is 11.7. The van der Waals surface area contributed by atoms with Crippen LogP contribution in [0.1, 0.15) is 104 Å². The highest BCUT2D eigenvalue weighted by molar-refractivity contribution is 5.69. The van der Waals surface area contributed by atoms with Crippen LogP contribution in [0.15, 0.2) is 12.2 Å². The third-order valence-electron chi connectivity index (χ3n) is 5.61. The normalized spacial score (nSPS) is 13.2. The van der Waals surface area contributed by atoms with Crippen LogP contribution in [0, 0.1) is 0 Å². The maximum absolute atomic E-state index is 11.9. The van der Waals surface area contributed by atoms with Gasteiger partial charge in [0.2, 0.25) is 6.23 Å². The molecule has 0 fully saturated rings. The van der Waals surface area contributed by atoms with Crippen molar-refractivity contribution < 1.29 is 19.1 Å². The van der Waals surface area contributed by atoms with Crippen molar-refractivity contribution in [1.29, 1.82) is 0 Å². The van der Waals surface area contributed by atoms with E-state index in [0.717, 1.165) is 12.8 Å². The molecule has 0 aromatic heterocycles. The molecule has 1 N–H and O–H groups in total. The highest BCUT2D eigenvalue weighted by atomic mass is 16.6. The molecule has 0 aliphatic heterocycles. The number of carbonyl (C=O) groups is 1. The third kappa shape index (κ3) is 16.1. The molecule has 0 bridgehead atoms. The van der Waals surface area contributed by atoms with E-state index in [1.807, 2.05) is 21.0 Å². The minimum absolute atomic E-state index is 0.100. The lowest BCUT2D eigenvalue weighted by Crippen LogP contribution is -2.51. The summed E-state index contributed by atoms with van der Waals surface area (Å²) in [5.74, 6) is -0.116. The van der Waals surface area contributed by atoms with Gasteiger partial charge >= 0.3 is 5.97 Å². The number of likely N-dealkylation sites (N-methyl/N-ethyl adjacent to an activating group) is 1. The Hall–Kier alpha value is -0.870. The molecular weight excluding hydrogens is 350 g/mol. The number of aliphatic hydroxyl groups excluding tert-OH is 1. The van der Waals surface area contributed by atoms with Crippen molar-refractivity contribution in [2.75, 3.05) is 27.2 Å². The van der Waals surface area contributed by atoms with Gasteiger partial charge in [0.15, 0.2) is 0 Å². The van der Waals surface area contributed by atoms with Gasteiger partial charge in [-0.1, -0.05) is 70.4 Å². The van der Waals surface area contributed by atoms with Crippen molar-refractivity contribution >= 4 is 5.97 Å². The zero-order chi connectivity index (χ0) is 21.1. The highest BCUT2D eigenvalue weighted by Gasteiger charge is 2.26. The minimum Gasteiger partial charge on any atom is -0.413 e. The lowest BCUT2D eigenvalue weighted by molar-refractivity contribution is -0.932. The second-order valence-electron chi connectivity index (χ2n) is 8.65. The van der Waals surface area contributed by atoms with Gasteiger partial charge in [-0.05, 0) is 32.1 Å². The largest absolute Gasteiger partial charge is 0.413 e. The molecule has 0 amide bonds. The first kappa shape index (κ1) is 27.1. The summed E-state index contributed by atoms with van der Waals surface area (Å²) in [7, 11) is 3.94. The number of hydrogen-bond donors (Lipinski definition) is 1. The molecule has 0 radical (unpaired) electrons. The monoisotopic (exact) mass is 398 g/mol. The summed E-state index contributed by atoms with van der Waals surface area (Å²) in [5, 5.41) is 9.08. The molecule has 1 unspecified atom stereocenters. The Morgan fingerprint density at radius 1 is 0.893 bits per heavy atom. The first-order valence-electron chi connectivity index (χ1n) is 11.7. The van der Waals surface area contributed by atoms with Crippen molar-refractivity contribution in [3.8, 4) is 0 Å². The molecule has 0 aromatic carbocycles. The van der Waals surface area contributed by atoms with Gasteiger partial charge in [-0.15, -0.1) is 0 Å². The van der Waals surface area contributed by atoms with Gasteiger partial charge in [0.25, 0.3) is 0 Å². The minimum atomic E-state index is -0.220. The standard InChI is InChI=1S/C24H48NO3/c1-5-6-7-8-9-10-11-12-13-14-15-16-17-18-19-20-24(27)28-23(2)25(3,4)21-22-26/h12-13,23,26H,5-11,14-22H2,1-4H3/q+1/b13-12-. The Balaban J connectivity index is 3.47. The summed E-state index contributed by atoms with van der Waals surface area (Å²) < 4.78 is 5.99. The van der Waals surface area contributed by atoms with Crippen LogP contribution in [0.5, 0.6) is 0 Å². The molecule has 0 aliphatic rings. The maximum Gasteiger partial charge on any atom is 0.310 e. The summed E-state index contributed by atoms with van der Waals surface area (Å²) >= 11 is 0. The van der Waals surface area contributed by atoms with Gasteiger partial charge < -0.3 is 9.84 Å². The van der Waals surface area contributed by atoms with Crippen molar-refractivity contribution in [1.82, 2.24) is 0 Å². The number of unbranched alkanes of at least 4 members (excludes halogenated alkanes) is 11. The van der Waals surface area contributed by atoms with E-state index in [0.29, 0.717) is 17.4 Å². The van der Waals surface area contributed by atoms with Crippen molar-refractivity contribution in [3.05, 3.63) is 12.2 Å². The van der Waals surface area contributed by atoms with Gasteiger partial charge in [-0.25, -0.2) is 0 Å². The molecule has 0 rings (SSSR count). The Kier molecular flexibility index (Phi) is 17.6. The fourth-order valence-electron chi connectivity index (χ4n) is 3.17. The topological polar surface area (TPSA) is 46.5 Å². The smallest absolute Gasteiger partial charge is 0.310 e. The van der Waals surface area contributed by atoms with Crippen LogP contribution >= 0.6 is 0 Å². The maximum atomic E-state index is 11.9. The van der Waals surface area contributed by atoms with E-state index < -0.39 is 0 Å². The van der Waals surface area contributed by atoms with Crippen LogP contribution in [-0.2, 0) is 9.53 Å². The molecule has 4 heteroatoms. The van der Waals surface area contributed by atoms with Gasteiger partial charge in [0, 0.05) is 13.3 Å². The van der Waals surface area contributed by atoms with Crippen LogP contribution < -0.4 is 0 Å². The fraction of sp³-hybridized carbons (Fsp3) is 0.875. The number of esters is 1. The molecule has 28 heavy (non-hydrogen) atoms. The lowest BCUT2D eigenvalue weighted by Gasteiger charge is -2.34. The number of aliphatic hydroxyl groups is 1. The molecule has 1 atom stereocenters. The average molecular weight is 399 g/mol. The summed E-state index contributed by atoms with van der Waals surface area (Å²) in [6, 6.07) is 0. The molecule has 166 valence electrons. The van der Waals surface area contributed by atoms with Crippen LogP contribution in [-0.4, -0.2) is 49.0 Å². The molecule has 0 aliphatic carbocycles. The van der Waals surface area contributed by atoms with E-state index in [-0.39, 0.29) is 18.8 Å². The summed E-state index contributed by atoms with van der Waals surface area (Å²) in [6.07, 6.45) is 21.3. The van der Waals surface area contributed by atoms with Gasteiger partial charge in [0.05, 0.1) is 20.7 Å². The number of quaternary nitrogens is 1. The van der Waals surface area contributed by atoms with Crippen LogP contribution in [0.3, 0.4) is 0 Å². The fourth-order valence-corrected chi connectivity index (χ4v) is 3.17. The van der Waals surface area contributed by atoms with Crippen molar-refractivity contribution in [2.45, 2.75) is 110 Å². The zero-order valence-corrected chi connectivity index (χ0v) is 19.3. The molecule has 0 heterocycles. The lowest BCUT2D eigenvalue weighted by atomic mass is 10.1. The highest BCUT2D eigenvalue weighted by Crippen LogP contribution is 2.12. The van der Waals surface area contributed by atoms with E-state index >= 15 is 0 Å². The molecule has 0 saturated heterocycles. The van der Waals surface area contributed by atoms with E-state index in [2.05, 4.69) is 19.1 Å². The van der Waals surface area contributed by atoms with E-state index in [9.17, 15) is 4.79 Å². The second kappa shape index (κ2) is 18.2.